The number of hydrogen-bond acceptors (Lipinski definition) is 5. The lowest BCUT2D eigenvalue weighted by molar-refractivity contribution is -0.141. The number of rotatable bonds is 4. The SMILES string of the molecule is COC(=O)C1CCCN1c1ccc(S(=O)(=O)C(F)F)cc1. The van der Waals surface area contributed by atoms with Crippen molar-refractivity contribution in [2.75, 3.05) is 18.6 Å². The molecule has 0 spiro atoms. The minimum atomic E-state index is -4.60. The summed E-state index contributed by atoms with van der Waals surface area (Å²) in [4.78, 5) is 13.0. The number of hydrogen-bond donors (Lipinski definition) is 0. The van der Waals surface area contributed by atoms with Crippen molar-refractivity contribution in [3.05, 3.63) is 24.3 Å². The largest absolute Gasteiger partial charge is 0.467 e. The number of carbonyl (C=O) groups is 1. The number of anilines is 1. The molecule has 0 aliphatic carbocycles. The quantitative estimate of drug-likeness (QED) is 0.792. The molecule has 1 atom stereocenters. The number of methoxy groups -OCH3 is 1. The van der Waals surface area contributed by atoms with Crippen LogP contribution in [0, 0.1) is 0 Å². The van der Waals surface area contributed by atoms with E-state index in [9.17, 15) is 22.0 Å². The number of alkyl halides is 2. The first-order valence-electron chi connectivity index (χ1n) is 6.34. The molecular weight excluding hydrogens is 304 g/mol. The number of ether oxygens (including phenoxy) is 1. The number of benzene rings is 1. The van der Waals surface area contributed by atoms with Crippen LogP contribution in [0.15, 0.2) is 29.2 Å². The van der Waals surface area contributed by atoms with Gasteiger partial charge in [-0.05, 0) is 37.1 Å². The molecule has 1 unspecified atom stereocenters. The van der Waals surface area contributed by atoms with Gasteiger partial charge in [0, 0.05) is 12.2 Å². The van der Waals surface area contributed by atoms with Crippen molar-refractivity contribution in [1.82, 2.24) is 0 Å². The molecule has 0 amide bonds. The maximum Gasteiger partial charge on any atom is 0.341 e. The Balaban J connectivity index is 2.25. The molecule has 0 bridgehead atoms. The van der Waals surface area contributed by atoms with Gasteiger partial charge in [-0.3, -0.25) is 0 Å². The van der Waals surface area contributed by atoms with Crippen molar-refractivity contribution >= 4 is 21.5 Å². The third-order valence-corrected chi connectivity index (χ3v) is 4.86. The fraction of sp³-hybridized carbons (Fsp3) is 0.462. The summed E-state index contributed by atoms with van der Waals surface area (Å²) >= 11 is 0. The van der Waals surface area contributed by atoms with Gasteiger partial charge in [-0.15, -0.1) is 0 Å². The first kappa shape index (κ1) is 15.7. The molecule has 0 saturated carbocycles. The number of carbonyl (C=O) groups excluding carboxylic acids is 1. The number of halogens is 2. The molecule has 0 radical (unpaired) electrons. The Morgan fingerprint density at radius 1 is 1.33 bits per heavy atom. The summed E-state index contributed by atoms with van der Waals surface area (Å²) in [6.45, 7) is 0.626. The Morgan fingerprint density at radius 3 is 2.48 bits per heavy atom. The Kier molecular flexibility index (Phi) is 4.46. The van der Waals surface area contributed by atoms with E-state index in [1.54, 1.807) is 4.90 Å². The minimum absolute atomic E-state index is 0.364. The van der Waals surface area contributed by atoms with Crippen LogP contribution in [0.5, 0.6) is 0 Å². The highest BCUT2D eigenvalue weighted by molar-refractivity contribution is 7.91. The van der Waals surface area contributed by atoms with Gasteiger partial charge in [0.15, 0.2) is 0 Å². The average Bonchev–Trinajstić information content (AvgIpc) is 2.95. The van der Waals surface area contributed by atoms with Crippen LogP contribution in [0.2, 0.25) is 0 Å². The first-order valence-corrected chi connectivity index (χ1v) is 7.89. The van der Waals surface area contributed by atoms with Crippen LogP contribution >= 0.6 is 0 Å². The molecule has 1 fully saturated rings. The van der Waals surface area contributed by atoms with Gasteiger partial charge in [0.2, 0.25) is 9.84 Å². The van der Waals surface area contributed by atoms with Crippen molar-refractivity contribution in [2.45, 2.75) is 29.5 Å². The standard InChI is InChI=1S/C13H15F2NO4S/c1-20-12(17)11-3-2-8-16(11)9-4-6-10(7-5-9)21(18,19)13(14)15/h4-7,11,13H,2-3,8H2,1H3. The molecule has 0 aromatic heterocycles. The lowest BCUT2D eigenvalue weighted by Crippen LogP contribution is -2.36. The van der Waals surface area contributed by atoms with E-state index < -0.39 is 26.5 Å². The average molecular weight is 319 g/mol. The van der Waals surface area contributed by atoms with Crippen LogP contribution in [-0.2, 0) is 19.4 Å². The number of esters is 1. The molecule has 1 aliphatic rings. The zero-order valence-corrected chi connectivity index (χ0v) is 12.1. The summed E-state index contributed by atoms with van der Waals surface area (Å²) in [6, 6.07) is 4.69. The molecular formula is C13H15F2NO4S. The van der Waals surface area contributed by atoms with E-state index in [1.807, 2.05) is 0 Å². The van der Waals surface area contributed by atoms with Crippen molar-refractivity contribution in [1.29, 1.82) is 0 Å². The van der Waals surface area contributed by atoms with E-state index >= 15 is 0 Å². The molecule has 2 rings (SSSR count). The predicted octanol–water partition coefficient (Wildman–Crippen LogP) is 1.82. The summed E-state index contributed by atoms with van der Waals surface area (Å²) in [6.07, 6.45) is 1.45. The second-order valence-electron chi connectivity index (χ2n) is 4.67. The summed E-state index contributed by atoms with van der Waals surface area (Å²) in [5, 5.41) is 0. The fourth-order valence-electron chi connectivity index (χ4n) is 2.39. The summed E-state index contributed by atoms with van der Waals surface area (Å²) in [7, 11) is -3.29. The van der Waals surface area contributed by atoms with Crippen LogP contribution in [0.3, 0.4) is 0 Å². The summed E-state index contributed by atoms with van der Waals surface area (Å²) in [5.74, 6) is -3.81. The van der Waals surface area contributed by atoms with Crippen molar-refractivity contribution in [3.63, 3.8) is 0 Å². The van der Waals surface area contributed by atoms with E-state index in [0.717, 1.165) is 18.6 Å². The Bertz CT molecular complexity index is 616. The minimum Gasteiger partial charge on any atom is -0.467 e. The van der Waals surface area contributed by atoms with E-state index in [2.05, 4.69) is 0 Å². The molecule has 21 heavy (non-hydrogen) atoms. The van der Waals surface area contributed by atoms with Crippen molar-refractivity contribution in [2.24, 2.45) is 0 Å². The molecule has 5 nitrogen and oxygen atoms in total. The van der Waals surface area contributed by atoms with Gasteiger partial charge in [0.1, 0.15) is 6.04 Å². The van der Waals surface area contributed by atoms with Gasteiger partial charge in [0.05, 0.1) is 12.0 Å². The Morgan fingerprint density at radius 2 is 1.95 bits per heavy atom. The molecule has 1 heterocycles. The van der Waals surface area contributed by atoms with E-state index in [0.29, 0.717) is 18.7 Å². The highest BCUT2D eigenvalue weighted by Crippen LogP contribution is 2.28. The highest BCUT2D eigenvalue weighted by Gasteiger charge is 2.32. The van der Waals surface area contributed by atoms with Crippen LogP contribution in [0.25, 0.3) is 0 Å². The maximum atomic E-state index is 12.5. The van der Waals surface area contributed by atoms with Crippen LogP contribution in [0.4, 0.5) is 14.5 Å². The Labute approximate surface area is 121 Å². The zero-order chi connectivity index (χ0) is 15.6. The summed E-state index contributed by atoms with van der Waals surface area (Å²) < 4.78 is 52.3. The molecule has 1 aliphatic heterocycles. The lowest BCUT2D eigenvalue weighted by Gasteiger charge is -2.24. The highest BCUT2D eigenvalue weighted by atomic mass is 32.2. The van der Waals surface area contributed by atoms with Gasteiger partial charge in [-0.25, -0.2) is 13.2 Å². The second-order valence-corrected chi connectivity index (χ2v) is 6.59. The molecule has 8 heteroatoms. The lowest BCUT2D eigenvalue weighted by atomic mass is 10.2. The van der Waals surface area contributed by atoms with Gasteiger partial charge >= 0.3 is 11.7 Å². The topological polar surface area (TPSA) is 63.7 Å². The fourth-order valence-corrected chi connectivity index (χ4v) is 3.11. The Hall–Kier alpha value is -1.70. The third-order valence-electron chi connectivity index (χ3n) is 3.46. The third kappa shape index (κ3) is 2.99. The molecule has 1 aromatic carbocycles. The molecule has 116 valence electrons. The monoisotopic (exact) mass is 319 g/mol. The van der Waals surface area contributed by atoms with E-state index in [4.69, 9.17) is 4.74 Å². The van der Waals surface area contributed by atoms with Crippen molar-refractivity contribution in [3.8, 4) is 0 Å². The van der Waals surface area contributed by atoms with Crippen LogP contribution in [0.1, 0.15) is 12.8 Å². The van der Waals surface area contributed by atoms with Gasteiger partial charge < -0.3 is 9.64 Å². The van der Waals surface area contributed by atoms with Gasteiger partial charge in [-0.2, -0.15) is 8.78 Å². The van der Waals surface area contributed by atoms with E-state index in [-0.39, 0.29) is 5.97 Å². The van der Waals surface area contributed by atoms with Gasteiger partial charge in [0.25, 0.3) is 0 Å². The molecule has 1 aromatic rings. The first-order chi connectivity index (χ1) is 9.87. The van der Waals surface area contributed by atoms with Crippen LogP contribution < -0.4 is 4.90 Å². The normalized spacial score (nSPS) is 19.0. The number of sulfone groups is 1. The molecule has 0 N–H and O–H groups in total. The van der Waals surface area contributed by atoms with Crippen LogP contribution in [-0.4, -0.2) is 39.8 Å². The maximum absolute atomic E-state index is 12.5. The zero-order valence-electron chi connectivity index (χ0n) is 11.3. The second kappa shape index (κ2) is 5.97. The van der Waals surface area contributed by atoms with Crippen molar-refractivity contribution < 1.29 is 26.7 Å². The predicted molar refractivity (Wildman–Crippen MR) is 72.0 cm³/mol. The number of nitrogens with zero attached hydrogens (tertiary/aromatic N) is 1. The summed E-state index contributed by atoms with van der Waals surface area (Å²) in [5.41, 5.74) is 0.608. The van der Waals surface area contributed by atoms with Gasteiger partial charge in [-0.1, -0.05) is 0 Å². The molecule has 1 saturated heterocycles. The smallest absolute Gasteiger partial charge is 0.341 e. The van der Waals surface area contributed by atoms with E-state index in [1.165, 1.54) is 19.2 Å².